The van der Waals surface area contributed by atoms with Crippen molar-refractivity contribution < 1.29 is 4.79 Å². The van der Waals surface area contributed by atoms with Gasteiger partial charge in [0, 0.05) is 17.3 Å². The van der Waals surface area contributed by atoms with Gasteiger partial charge in [0.15, 0.2) is 0 Å². The summed E-state index contributed by atoms with van der Waals surface area (Å²) in [5.74, 6) is 0.967. The Kier molecular flexibility index (Phi) is 9.31. The Morgan fingerprint density at radius 3 is 2.23 bits per heavy atom. The summed E-state index contributed by atoms with van der Waals surface area (Å²) in [6.07, 6.45) is 1.73. The molecule has 0 bridgehead atoms. The summed E-state index contributed by atoms with van der Waals surface area (Å²) in [4.78, 5) is 34.7. The van der Waals surface area contributed by atoms with Gasteiger partial charge in [-0.3, -0.25) is 9.36 Å². The predicted molar refractivity (Wildman–Crippen MR) is 166 cm³/mol. The van der Waals surface area contributed by atoms with E-state index in [0.717, 1.165) is 29.7 Å². The summed E-state index contributed by atoms with van der Waals surface area (Å²) in [5.41, 5.74) is 4.07. The average molecular weight is 559 g/mol. The van der Waals surface area contributed by atoms with Crippen molar-refractivity contribution in [2.45, 2.75) is 72.3 Å². The van der Waals surface area contributed by atoms with Crippen molar-refractivity contribution in [2.24, 2.45) is 0 Å². The molecule has 210 valence electrons. The molecule has 1 N–H and O–H groups in total. The molecule has 6 nitrogen and oxygen atoms in total. The van der Waals surface area contributed by atoms with Crippen LogP contribution in [0.1, 0.15) is 89.2 Å². The second-order valence-electron chi connectivity index (χ2n) is 10.9. The van der Waals surface area contributed by atoms with Gasteiger partial charge in [-0.1, -0.05) is 89.0 Å². The van der Waals surface area contributed by atoms with E-state index in [1.54, 1.807) is 27.7 Å². The number of benzene rings is 3. The molecule has 0 aliphatic rings. The Bertz CT molecular complexity index is 1530. The van der Waals surface area contributed by atoms with Crippen LogP contribution in [-0.2, 0) is 0 Å². The van der Waals surface area contributed by atoms with Crippen molar-refractivity contribution in [1.82, 2.24) is 14.5 Å². The van der Waals surface area contributed by atoms with Gasteiger partial charge in [0.05, 0.1) is 22.6 Å². The third-order valence-corrected chi connectivity index (χ3v) is 7.56. The van der Waals surface area contributed by atoms with Gasteiger partial charge in [-0.15, -0.1) is 0 Å². The molecule has 3 aromatic carbocycles. The number of urea groups is 1. The first-order chi connectivity index (χ1) is 19.1. The lowest BCUT2D eigenvalue weighted by molar-refractivity contribution is 0.188. The van der Waals surface area contributed by atoms with Gasteiger partial charge in [0.25, 0.3) is 5.56 Å². The minimum atomic E-state index is -0.503. The van der Waals surface area contributed by atoms with Gasteiger partial charge >= 0.3 is 6.03 Å². The first-order valence-corrected chi connectivity index (χ1v) is 14.5. The minimum absolute atomic E-state index is 0.196. The van der Waals surface area contributed by atoms with Gasteiger partial charge in [-0.05, 0) is 66.6 Å². The maximum Gasteiger partial charge on any atom is 0.322 e. The molecule has 2 amide bonds. The van der Waals surface area contributed by atoms with E-state index in [9.17, 15) is 9.59 Å². The third-order valence-electron chi connectivity index (χ3n) is 7.33. The number of hydrogen-bond donors (Lipinski definition) is 1. The first-order valence-electron chi connectivity index (χ1n) is 14.1. The monoisotopic (exact) mass is 558 g/mol. The van der Waals surface area contributed by atoms with Crippen LogP contribution in [0, 0.1) is 0 Å². The number of carbonyl (C=O) groups is 1. The molecular weight excluding hydrogens is 520 g/mol. The van der Waals surface area contributed by atoms with Crippen LogP contribution in [0.3, 0.4) is 0 Å². The van der Waals surface area contributed by atoms with E-state index in [4.69, 9.17) is 16.6 Å². The lowest BCUT2D eigenvalue weighted by Crippen LogP contribution is -2.40. The highest BCUT2D eigenvalue weighted by Gasteiger charge is 2.28. The highest BCUT2D eigenvalue weighted by Crippen LogP contribution is 2.33. The second-order valence-corrected chi connectivity index (χ2v) is 11.3. The summed E-state index contributed by atoms with van der Waals surface area (Å²) in [5, 5.41) is 4.30. The quantitative estimate of drug-likeness (QED) is 0.223. The molecule has 0 radical (unpaired) electrons. The number of carbonyl (C=O) groups excluding carboxylic acids is 1. The van der Waals surface area contributed by atoms with Crippen LogP contribution in [-0.4, -0.2) is 27.0 Å². The molecule has 7 heteroatoms. The first kappa shape index (κ1) is 29.3. The predicted octanol–water partition coefficient (Wildman–Crippen LogP) is 8.68. The number of anilines is 1. The molecule has 1 heterocycles. The topological polar surface area (TPSA) is 67.2 Å². The minimum Gasteiger partial charge on any atom is -0.315 e. The Morgan fingerprint density at radius 1 is 0.950 bits per heavy atom. The Labute approximate surface area is 242 Å². The largest absolute Gasteiger partial charge is 0.322 e. The number of amides is 2. The molecule has 4 rings (SSSR count). The Hall–Kier alpha value is -3.64. The highest BCUT2D eigenvalue weighted by atomic mass is 35.5. The highest BCUT2D eigenvalue weighted by molar-refractivity contribution is 6.30. The SMILES string of the molecule is CCCCN(C(=O)Nc1c(C(C)C)cccc1C(C)C)[C@H](C)c1nc2ccccc2c(=O)n1-c1cccc(Cl)c1. The number of hydrogen-bond acceptors (Lipinski definition) is 3. The normalized spacial score (nSPS) is 12.2. The third kappa shape index (κ3) is 6.07. The van der Waals surface area contributed by atoms with Crippen LogP contribution in [0.4, 0.5) is 10.5 Å². The lowest BCUT2D eigenvalue weighted by atomic mass is 9.92. The number of rotatable bonds is 9. The Morgan fingerprint density at radius 2 is 1.60 bits per heavy atom. The number of nitrogens with one attached hydrogen (secondary N) is 1. The average Bonchev–Trinajstić information content (AvgIpc) is 2.92. The molecule has 1 atom stereocenters. The number of fused-ring (bicyclic) bond motifs is 1. The molecule has 0 spiro atoms. The van der Waals surface area contributed by atoms with Gasteiger partial charge in [-0.2, -0.15) is 0 Å². The zero-order valence-corrected chi connectivity index (χ0v) is 25.0. The Balaban J connectivity index is 1.85. The van der Waals surface area contributed by atoms with E-state index < -0.39 is 6.04 Å². The van der Waals surface area contributed by atoms with Gasteiger partial charge < -0.3 is 10.2 Å². The fraction of sp³-hybridized carbons (Fsp3) is 0.364. The number of para-hydroxylation sites is 2. The van der Waals surface area contributed by atoms with E-state index in [-0.39, 0.29) is 23.4 Å². The van der Waals surface area contributed by atoms with E-state index in [1.165, 1.54) is 0 Å². The molecular formula is C33H39ClN4O2. The zero-order chi connectivity index (χ0) is 29.0. The van der Waals surface area contributed by atoms with Crippen molar-refractivity contribution in [3.05, 3.63) is 99.1 Å². The molecule has 40 heavy (non-hydrogen) atoms. The molecule has 0 aliphatic heterocycles. The number of aromatic nitrogens is 2. The molecule has 0 saturated carbocycles. The zero-order valence-electron chi connectivity index (χ0n) is 24.2. The van der Waals surface area contributed by atoms with Crippen LogP contribution >= 0.6 is 11.6 Å². The van der Waals surface area contributed by atoms with Gasteiger partial charge in [-0.25, -0.2) is 9.78 Å². The van der Waals surface area contributed by atoms with Crippen molar-refractivity contribution in [1.29, 1.82) is 0 Å². The molecule has 1 aromatic heterocycles. The summed E-state index contributed by atoms with van der Waals surface area (Å²) >= 11 is 6.34. The summed E-state index contributed by atoms with van der Waals surface area (Å²) < 4.78 is 1.59. The standard InChI is InChI=1S/C33H39ClN4O2/c1-7-8-19-37(33(40)36-30-26(21(2)3)16-12-17-27(30)22(4)5)23(6)31-35-29-18-10-9-15-28(29)32(39)38(31)25-14-11-13-24(34)20-25/h9-18,20-23H,7-8,19H2,1-6H3,(H,36,40)/t23-/m1/s1. The number of nitrogens with zero attached hydrogens (tertiary/aromatic N) is 3. The molecule has 4 aromatic rings. The van der Waals surface area contributed by atoms with Crippen LogP contribution in [0.25, 0.3) is 16.6 Å². The van der Waals surface area contributed by atoms with Crippen molar-refractivity contribution in [2.75, 3.05) is 11.9 Å². The van der Waals surface area contributed by atoms with E-state index in [2.05, 4.69) is 58.1 Å². The molecule has 0 fully saturated rings. The fourth-order valence-corrected chi connectivity index (χ4v) is 5.29. The summed E-state index contributed by atoms with van der Waals surface area (Å²) in [7, 11) is 0. The van der Waals surface area contributed by atoms with Crippen LogP contribution < -0.4 is 10.9 Å². The number of halogens is 1. The summed E-state index contributed by atoms with van der Waals surface area (Å²) in [6, 6.07) is 20.0. The maximum absolute atomic E-state index is 14.1. The van der Waals surface area contributed by atoms with Gasteiger partial charge in [0.1, 0.15) is 5.82 Å². The molecule has 0 saturated heterocycles. The second kappa shape index (κ2) is 12.7. The van der Waals surface area contributed by atoms with Gasteiger partial charge in [0.2, 0.25) is 0 Å². The van der Waals surface area contributed by atoms with Crippen LogP contribution in [0.2, 0.25) is 5.02 Å². The smallest absolute Gasteiger partial charge is 0.315 e. The van der Waals surface area contributed by atoms with E-state index in [1.807, 2.05) is 37.3 Å². The van der Waals surface area contributed by atoms with E-state index >= 15 is 0 Å². The fourth-order valence-electron chi connectivity index (χ4n) is 5.11. The van der Waals surface area contributed by atoms with E-state index in [0.29, 0.717) is 34.0 Å². The van der Waals surface area contributed by atoms with Crippen LogP contribution in [0.5, 0.6) is 0 Å². The van der Waals surface area contributed by atoms with Crippen LogP contribution in [0.15, 0.2) is 71.5 Å². The molecule has 0 aliphatic carbocycles. The van der Waals surface area contributed by atoms with Crippen molar-refractivity contribution >= 4 is 34.2 Å². The molecule has 0 unspecified atom stereocenters. The summed E-state index contributed by atoms with van der Waals surface area (Å²) in [6.45, 7) is 13.1. The van der Waals surface area contributed by atoms with Crippen molar-refractivity contribution in [3.63, 3.8) is 0 Å². The number of unbranched alkanes of at least 4 members (excludes halogenated alkanes) is 1. The van der Waals surface area contributed by atoms with Crippen molar-refractivity contribution in [3.8, 4) is 5.69 Å². The maximum atomic E-state index is 14.1. The lowest BCUT2D eigenvalue weighted by Gasteiger charge is -2.32.